The lowest BCUT2D eigenvalue weighted by Crippen LogP contribution is -2.39. The highest BCUT2D eigenvalue weighted by Gasteiger charge is 2.27. The third-order valence-corrected chi connectivity index (χ3v) is 3.29. The standard InChI is InChI=1S/C11H20N2O2/c1-13-7-4-9(5-8-13)15-11(14)10-3-2-6-12-10/h9-10,12H,2-8H2,1H3/t10-/m1/s1. The molecule has 0 amide bonds. The zero-order valence-corrected chi connectivity index (χ0v) is 9.37. The fourth-order valence-corrected chi connectivity index (χ4v) is 2.23. The Labute approximate surface area is 91.0 Å². The van der Waals surface area contributed by atoms with Crippen LogP contribution in [0.3, 0.4) is 0 Å². The molecule has 0 spiro atoms. The summed E-state index contributed by atoms with van der Waals surface area (Å²) in [6.45, 7) is 3.03. The van der Waals surface area contributed by atoms with Gasteiger partial charge in [-0.05, 0) is 39.3 Å². The number of esters is 1. The number of likely N-dealkylation sites (tertiary alicyclic amines) is 1. The summed E-state index contributed by atoms with van der Waals surface area (Å²) in [5, 5.41) is 3.17. The third-order valence-electron chi connectivity index (χ3n) is 3.29. The molecule has 0 aromatic heterocycles. The molecule has 0 saturated carbocycles. The van der Waals surface area contributed by atoms with Gasteiger partial charge in [-0.1, -0.05) is 0 Å². The molecule has 0 radical (unpaired) electrons. The van der Waals surface area contributed by atoms with Crippen molar-refractivity contribution in [3.05, 3.63) is 0 Å². The zero-order valence-electron chi connectivity index (χ0n) is 9.37. The number of hydrogen-bond donors (Lipinski definition) is 1. The number of rotatable bonds is 2. The molecule has 2 aliphatic rings. The maximum absolute atomic E-state index is 11.7. The maximum atomic E-state index is 11.7. The van der Waals surface area contributed by atoms with Crippen LogP contribution in [-0.2, 0) is 9.53 Å². The van der Waals surface area contributed by atoms with Gasteiger partial charge in [-0.15, -0.1) is 0 Å². The van der Waals surface area contributed by atoms with Crippen LogP contribution in [0.15, 0.2) is 0 Å². The summed E-state index contributed by atoms with van der Waals surface area (Å²) in [5.74, 6) is -0.0398. The molecule has 2 saturated heterocycles. The van der Waals surface area contributed by atoms with Gasteiger partial charge in [0.15, 0.2) is 0 Å². The van der Waals surface area contributed by atoms with Crippen LogP contribution in [0, 0.1) is 0 Å². The average Bonchev–Trinajstić information content (AvgIpc) is 2.74. The highest BCUT2D eigenvalue weighted by molar-refractivity contribution is 5.76. The van der Waals surface area contributed by atoms with Crippen LogP contribution >= 0.6 is 0 Å². The molecule has 0 aromatic rings. The smallest absolute Gasteiger partial charge is 0.323 e. The van der Waals surface area contributed by atoms with Crippen molar-refractivity contribution in [3.8, 4) is 0 Å². The van der Waals surface area contributed by atoms with Crippen molar-refractivity contribution >= 4 is 5.97 Å². The summed E-state index contributed by atoms with van der Waals surface area (Å²) >= 11 is 0. The normalized spacial score (nSPS) is 29.3. The van der Waals surface area contributed by atoms with Gasteiger partial charge in [-0.25, -0.2) is 0 Å². The molecule has 4 heteroatoms. The van der Waals surface area contributed by atoms with E-state index >= 15 is 0 Å². The number of carbonyl (C=O) groups excluding carboxylic acids is 1. The highest BCUT2D eigenvalue weighted by atomic mass is 16.5. The molecule has 2 fully saturated rings. The van der Waals surface area contributed by atoms with Gasteiger partial charge >= 0.3 is 5.97 Å². The third kappa shape index (κ3) is 2.92. The number of nitrogens with one attached hydrogen (secondary N) is 1. The molecule has 2 rings (SSSR count). The summed E-state index contributed by atoms with van der Waals surface area (Å²) in [5.41, 5.74) is 0. The average molecular weight is 212 g/mol. The van der Waals surface area contributed by atoms with Crippen molar-refractivity contribution in [2.75, 3.05) is 26.7 Å². The lowest BCUT2D eigenvalue weighted by Gasteiger charge is -2.29. The number of hydrogen-bond acceptors (Lipinski definition) is 4. The Kier molecular flexibility index (Phi) is 3.59. The molecule has 4 nitrogen and oxygen atoms in total. The quantitative estimate of drug-likeness (QED) is 0.672. The Bertz CT molecular complexity index is 219. The lowest BCUT2D eigenvalue weighted by molar-refractivity contribution is -0.153. The Hall–Kier alpha value is -0.610. The molecule has 2 aliphatic heterocycles. The van der Waals surface area contributed by atoms with E-state index in [2.05, 4.69) is 17.3 Å². The van der Waals surface area contributed by atoms with Crippen LogP contribution in [0.1, 0.15) is 25.7 Å². The minimum atomic E-state index is -0.0398. The summed E-state index contributed by atoms with van der Waals surface area (Å²) < 4.78 is 5.50. The topological polar surface area (TPSA) is 41.6 Å². The largest absolute Gasteiger partial charge is 0.461 e. The first-order chi connectivity index (χ1) is 7.25. The van der Waals surface area contributed by atoms with E-state index in [1.54, 1.807) is 0 Å². The van der Waals surface area contributed by atoms with Crippen LogP contribution in [0.2, 0.25) is 0 Å². The molecule has 15 heavy (non-hydrogen) atoms. The van der Waals surface area contributed by atoms with Gasteiger partial charge in [0.25, 0.3) is 0 Å². The first-order valence-corrected chi connectivity index (χ1v) is 5.88. The maximum Gasteiger partial charge on any atom is 0.323 e. The van der Waals surface area contributed by atoms with Crippen LogP contribution in [0.4, 0.5) is 0 Å². The van der Waals surface area contributed by atoms with E-state index in [0.29, 0.717) is 0 Å². The molecule has 1 atom stereocenters. The Morgan fingerprint density at radius 2 is 2.07 bits per heavy atom. The zero-order chi connectivity index (χ0) is 10.7. The number of nitrogens with zero attached hydrogens (tertiary/aromatic N) is 1. The van der Waals surface area contributed by atoms with Gasteiger partial charge in [-0.3, -0.25) is 4.79 Å². The molecular weight excluding hydrogens is 192 g/mol. The summed E-state index contributed by atoms with van der Waals surface area (Å²) in [4.78, 5) is 14.0. The number of ether oxygens (including phenoxy) is 1. The van der Waals surface area contributed by atoms with Crippen molar-refractivity contribution in [1.82, 2.24) is 10.2 Å². The van der Waals surface area contributed by atoms with E-state index in [1.165, 1.54) is 0 Å². The first-order valence-electron chi connectivity index (χ1n) is 5.88. The van der Waals surface area contributed by atoms with Crippen LogP contribution in [-0.4, -0.2) is 49.7 Å². The molecule has 0 unspecified atom stereocenters. The summed E-state index contributed by atoms with van der Waals surface area (Å²) in [6, 6.07) is -0.0374. The van der Waals surface area contributed by atoms with E-state index in [0.717, 1.165) is 45.3 Å². The molecule has 0 aromatic carbocycles. The van der Waals surface area contributed by atoms with E-state index in [1.807, 2.05) is 0 Å². The molecular formula is C11H20N2O2. The lowest BCUT2D eigenvalue weighted by atomic mass is 10.1. The van der Waals surface area contributed by atoms with Gasteiger partial charge < -0.3 is 15.0 Å². The minimum Gasteiger partial charge on any atom is -0.461 e. The highest BCUT2D eigenvalue weighted by Crippen LogP contribution is 2.15. The fourth-order valence-electron chi connectivity index (χ4n) is 2.23. The van der Waals surface area contributed by atoms with E-state index in [4.69, 9.17) is 4.74 Å². The van der Waals surface area contributed by atoms with Crippen molar-refractivity contribution in [2.45, 2.75) is 37.8 Å². The van der Waals surface area contributed by atoms with Gasteiger partial charge in [0.1, 0.15) is 12.1 Å². The second-order valence-electron chi connectivity index (χ2n) is 4.59. The second-order valence-corrected chi connectivity index (χ2v) is 4.59. The molecule has 0 bridgehead atoms. The molecule has 1 N–H and O–H groups in total. The predicted molar refractivity (Wildman–Crippen MR) is 57.6 cm³/mol. The van der Waals surface area contributed by atoms with Crippen molar-refractivity contribution in [2.24, 2.45) is 0 Å². The first kappa shape index (κ1) is 10.9. The second kappa shape index (κ2) is 4.94. The van der Waals surface area contributed by atoms with E-state index in [9.17, 15) is 4.79 Å². The SMILES string of the molecule is CN1CCC(OC(=O)[C@H]2CCCN2)CC1. The summed E-state index contributed by atoms with van der Waals surface area (Å²) in [6.07, 6.45) is 4.14. The van der Waals surface area contributed by atoms with Crippen molar-refractivity contribution < 1.29 is 9.53 Å². The van der Waals surface area contributed by atoms with E-state index < -0.39 is 0 Å². The van der Waals surface area contributed by atoms with Crippen molar-refractivity contribution in [3.63, 3.8) is 0 Å². The van der Waals surface area contributed by atoms with Crippen LogP contribution in [0.25, 0.3) is 0 Å². The molecule has 2 heterocycles. The van der Waals surface area contributed by atoms with Gasteiger partial charge in [0, 0.05) is 13.1 Å². The Morgan fingerprint density at radius 3 is 2.67 bits per heavy atom. The van der Waals surface area contributed by atoms with Gasteiger partial charge in [-0.2, -0.15) is 0 Å². The Morgan fingerprint density at radius 1 is 1.33 bits per heavy atom. The molecule has 0 aliphatic carbocycles. The fraction of sp³-hybridized carbons (Fsp3) is 0.909. The predicted octanol–water partition coefficient (Wildman–Crippen LogP) is 0.376. The Balaban J connectivity index is 1.74. The minimum absolute atomic E-state index is 0.0374. The summed E-state index contributed by atoms with van der Waals surface area (Å²) in [7, 11) is 2.11. The number of piperidine rings is 1. The van der Waals surface area contributed by atoms with Crippen LogP contribution < -0.4 is 5.32 Å². The van der Waals surface area contributed by atoms with E-state index in [-0.39, 0.29) is 18.1 Å². The van der Waals surface area contributed by atoms with Crippen LogP contribution in [0.5, 0.6) is 0 Å². The molecule has 86 valence electrons. The van der Waals surface area contributed by atoms with Gasteiger partial charge in [0.2, 0.25) is 0 Å². The monoisotopic (exact) mass is 212 g/mol. The number of carbonyl (C=O) groups is 1. The van der Waals surface area contributed by atoms with Gasteiger partial charge in [0.05, 0.1) is 0 Å². The van der Waals surface area contributed by atoms with Crippen molar-refractivity contribution in [1.29, 1.82) is 0 Å².